The molecule has 20 heavy (non-hydrogen) atoms. The van der Waals surface area contributed by atoms with Crippen LogP contribution in [0.3, 0.4) is 0 Å². The molecule has 1 heterocycles. The Labute approximate surface area is 118 Å². The van der Waals surface area contributed by atoms with Gasteiger partial charge in [-0.25, -0.2) is 0 Å². The molecule has 0 radical (unpaired) electrons. The second-order valence-corrected chi connectivity index (χ2v) is 4.69. The van der Waals surface area contributed by atoms with Crippen LogP contribution in [0.4, 0.5) is 0 Å². The third-order valence-corrected chi connectivity index (χ3v) is 3.11. The number of amides is 1. The summed E-state index contributed by atoms with van der Waals surface area (Å²) in [5.41, 5.74) is 8.55. The number of H-pyrrole nitrogens is 1. The van der Waals surface area contributed by atoms with Gasteiger partial charge in [0.05, 0.1) is 5.69 Å². The maximum absolute atomic E-state index is 11.6. The SMILES string of the molecule is NCCCCC(=O)NCc1ccc(-c2ccn[nH]2)cc1. The summed E-state index contributed by atoms with van der Waals surface area (Å²) >= 11 is 0. The van der Waals surface area contributed by atoms with E-state index in [-0.39, 0.29) is 5.91 Å². The molecule has 0 aliphatic carbocycles. The summed E-state index contributed by atoms with van der Waals surface area (Å²) in [5.74, 6) is 0.0797. The molecule has 2 rings (SSSR count). The van der Waals surface area contributed by atoms with E-state index in [0.717, 1.165) is 29.7 Å². The number of carbonyl (C=O) groups excluding carboxylic acids is 1. The van der Waals surface area contributed by atoms with Crippen LogP contribution < -0.4 is 11.1 Å². The third-order valence-electron chi connectivity index (χ3n) is 3.11. The minimum absolute atomic E-state index is 0.0797. The molecule has 0 saturated heterocycles. The van der Waals surface area contributed by atoms with E-state index >= 15 is 0 Å². The Kier molecular flexibility index (Phi) is 5.32. The lowest BCUT2D eigenvalue weighted by Crippen LogP contribution is -2.22. The van der Waals surface area contributed by atoms with Crippen LogP contribution in [0.25, 0.3) is 11.3 Å². The van der Waals surface area contributed by atoms with Gasteiger partial charge in [0.2, 0.25) is 5.91 Å². The van der Waals surface area contributed by atoms with E-state index < -0.39 is 0 Å². The first-order chi connectivity index (χ1) is 9.79. The number of unbranched alkanes of at least 4 members (excludes halogenated alkanes) is 1. The van der Waals surface area contributed by atoms with Crippen molar-refractivity contribution >= 4 is 5.91 Å². The Morgan fingerprint density at radius 1 is 1.20 bits per heavy atom. The average molecular weight is 272 g/mol. The molecule has 5 heteroatoms. The topological polar surface area (TPSA) is 83.8 Å². The molecule has 1 amide bonds. The normalized spacial score (nSPS) is 10.4. The number of aromatic nitrogens is 2. The van der Waals surface area contributed by atoms with Gasteiger partial charge >= 0.3 is 0 Å². The van der Waals surface area contributed by atoms with Gasteiger partial charge in [-0.15, -0.1) is 0 Å². The molecular formula is C15H20N4O. The second-order valence-electron chi connectivity index (χ2n) is 4.69. The van der Waals surface area contributed by atoms with Crippen LogP contribution in [-0.2, 0) is 11.3 Å². The van der Waals surface area contributed by atoms with Crippen molar-refractivity contribution in [2.24, 2.45) is 5.73 Å². The van der Waals surface area contributed by atoms with Crippen LogP contribution in [0.1, 0.15) is 24.8 Å². The Morgan fingerprint density at radius 2 is 2.00 bits per heavy atom. The molecule has 4 N–H and O–H groups in total. The van der Waals surface area contributed by atoms with Crippen LogP contribution in [0.5, 0.6) is 0 Å². The molecule has 0 unspecified atom stereocenters. The van der Waals surface area contributed by atoms with E-state index in [2.05, 4.69) is 15.5 Å². The van der Waals surface area contributed by atoms with Crippen LogP contribution in [0, 0.1) is 0 Å². The summed E-state index contributed by atoms with van der Waals surface area (Å²) in [4.78, 5) is 11.6. The minimum atomic E-state index is 0.0797. The predicted molar refractivity (Wildman–Crippen MR) is 78.8 cm³/mol. The quantitative estimate of drug-likeness (QED) is 0.672. The van der Waals surface area contributed by atoms with Crippen molar-refractivity contribution in [2.75, 3.05) is 6.54 Å². The predicted octanol–water partition coefficient (Wildman–Crippen LogP) is 1.82. The summed E-state index contributed by atoms with van der Waals surface area (Å²) in [5, 5.41) is 9.76. The molecule has 2 aromatic rings. The fourth-order valence-corrected chi connectivity index (χ4v) is 1.94. The first-order valence-electron chi connectivity index (χ1n) is 6.85. The fraction of sp³-hybridized carbons (Fsp3) is 0.333. The minimum Gasteiger partial charge on any atom is -0.352 e. The number of nitrogens with two attached hydrogens (primary N) is 1. The van der Waals surface area contributed by atoms with E-state index in [1.165, 1.54) is 0 Å². The number of rotatable bonds is 7. The molecular weight excluding hydrogens is 252 g/mol. The van der Waals surface area contributed by atoms with Crippen molar-refractivity contribution in [1.82, 2.24) is 15.5 Å². The molecule has 0 bridgehead atoms. The molecule has 1 aromatic carbocycles. The molecule has 106 valence electrons. The van der Waals surface area contributed by atoms with Gasteiger partial charge in [-0.2, -0.15) is 5.10 Å². The highest BCUT2D eigenvalue weighted by molar-refractivity contribution is 5.75. The van der Waals surface area contributed by atoms with Gasteiger partial charge in [0, 0.05) is 19.2 Å². The monoisotopic (exact) mass is 272 g/mol. The number of aromatic amines is 1. The number of hydrogen-bond donors (Lipinski definition) is 3. The van der Waals surface area contributed by atoms with Gasteiger partial charge in [-0.05, 0) is 36.6 Å². The highest BCUT2D eigenvalue weighted by Crippen LogP contribution is 2.16. The van der Waals surface area contributed by atoms with Crippen molar-refractivity contribution < 1.29 is 4.79 Å². The van der Waals surface area contributed by atoms with Crippen molar-refractivity contribution in [3.8, 4) is 11.3 Å². The lowest BCUT2D eigenvalue weighted by atomic mass is 10.1. The van der Waals surface area contributed by atoms with E-state index in [0.29, 0.717) is 19.5 Å². The van der Waals surface area contributed by atoms with Gasteiger partial charge in [0.15, 0.2) is 0 Å². The number of nitrogens with one attached hydrogen (secondary N) is 2. The lowest BCUT2D eigenvalue weighted by molar-refractivity contribution is -0.121. The molecule has 1 aromatic heterocycles. The van der Waals surface area contributed by atoms with E-state index in [1.54, 1.807) is 6.20 Å². The van der Waals surface area contributed by atoms with Gasteiger partial charge in [0.25, 0.3) is 0 Å². The third kappa shape index (κ3) is 4.20. The summed E-state index contributed by atoms with van der Waals surface area (Å²) in [6, 6.07) is 9.98. The Bertz CT molecular complexity index is 519. The Hall–Kier alpha value is -2.14. The zero-order chi connectivity index (χ0) is 14.2. The van der Waals surface area contributed by atoms with Crippen molar-refractivity contribution in [2.45, 2.75) is 25.8 Å². The van der Waals surface area contributed by atoms with Gasteiger partial charge in [0.1, 0.15) is 0 Å². The zero-order valence-corrected chi connectivity index (χ0v) is 11.4. The summed E-state index contributed by atoms with van der Waals surface area (Å²) in [6.07, 6.45) is 4.02. The second kappa shape index (κ2) is 7.45. The number of carbonyl (C=O) groups is 1. The smallest absolute Gasteiger partial charge is 0.220 e. The van der Waals surface area contributed by atoms with Crippen LogP contribution in [0.15, 0.2) is 36.5 Å². The molecule has 0 saturated carbocycles. The molecule has 0 atom stereocenters. The molecule has 0 aliphatic heterocycles. The lowest BCUT2D eigenvalue weighted by Gasteiger charge is -2.06. The maximum Gasteiger partial charge on any atom is 0.220 e. The van der Waals surface area contributed by atoms with Crippen LogP contribution in [-0.4, -0.2) is 22.6 Å². The Balaban J connectivity index is 1.81. The molecule has 0 fully saturated rings. The van der Waals surface area contributed by atoms with Crippen LogP contribution >= 0.6 is 0 Å². The Morgan fingerprint density at radius 3 is 2.65 bits per heavy atom. The van der Waals surface area contributed by atoms with Gasteiger partial charge < -0.3 is 11.1 Å². The number of hydrogen-bond acceptors (Lipinski definition) is 3. The fourth-order valence-electron chi connectivity index (χ4n) is 1.94. The first kappa shape index (κ1) is 14.3. The van der Waals surface area contributed by atoms with Crippen molar-refractivity contribution in [3.63, 3.8) is 0 Å². The highest BCUT2D eigenvalue weighted by Gasteiger charge is 2.02. The zero-order valence-electron chi connectivity index (χ0n) is 11.4. The van der Waals surface area contributed by atoms with E-state index in [9.17, 15) is 4.79 Å². The molecule has 0 spiro atoms. The standard InChI is InChI=1S/C15H20N4O/c16-9-2-1-3-15(20)17-11-12-4-6-13(7-5-12)14-8-10-18-19-14/h4-8,10H,1-3,9,11,16H2,(H,17,20)(H,18,19). The van der Waals surface area contributed by atoms with Gasteiger partial charge in [-0.1, -0.05) is 24.3 Å². The summed E-state index contributed by atoms with van der Waals surface area (Å²) in [6.45, 7) is 1.20. The van der Waals surface area contributed by atoms with E-state index in [4.69, 9.17) is 5.73 Å². The number of nitrogens with zero attached hydrogens (tertiary/aromatic N) is 1. The average Bonchev–Trinajstić information content (AvgIpc) is 3.00. The van der Waals surface area contributed by atoms with Gasteiger partial charge in [-0.3, -0.25) is 9.89 Å². The molecule has 5 nitrogen and oxygen atoms in total. The number of benzene rings is 1. The largest absolute Gasteiger partial charge is 0.352 e. The highest BCUT2D eigenvalue weighted by atomic mass is 16.1. The summed E-state index contributed by atoms with van der Waals surface area (Å²) in [7, 11) is 0. The first-order valence-corrected chi connectivity index (χ1v) is 6.85. The maximum atomic E-state index is 11.6. The summed E-state index contributed by atoms with van der Waals surface area (Å²) < 4.78 is 0. The molecule has 0 aliphatic rings. The van der Waals surface area contributed by atoms with Crippen LogP contribution in [0.2, 0.25) is 0 Å². The van der Waals surface area contributed by atoms with Crippen molar-refractivity contribution in [1.29, 1.82) is 0 Å². The van der Waals surface area contributed by atoms with Crippen molar-refractivity contribution in [3.05, 3.63) is 42.1 Å². The van der Waals surface area contributed by atoms with E-state index in [1.807, 2.05) is 30.3 Å².